The van der Waals surface area contributed by atoms with Crippen molar-refractivity contribution in [2.75, 3.05) is 33.3 Å². The molecular weight excluding hydrogens is 448 g/mol. The highest BCUT2D eigenvalue weighted by Crippen LogP contribution is 2.45. The van der Waals surface area contributed by atoms with Crippen LogP contribution in [0.15, 0.2) is 47.7 Å². The average Bonchev–Trinajstić information content (AvgIpc) is 3.31. The van der Waals surface area contributed by atoms with E-state index in [0.29, 0.717) is 47.6 Å². The van der Waals surface area contributed by atoms with Crippen LogP contribution in [0.5, 0.6) is 23.0 Å². The Balaban J connectivity index is 1.65. The number of fused-ring (bicyclic) bond motifs is 1. The van der Waals surface area contributed by atoms with Gasteiger partial charge in [0.15, 0.2) is 23.1 Å². The van der Waals surface area contributed by atoms with E-state index in [0.717, 1.165) is 35.4 Å². The van der Waals surface area contributed by atoms with E-state index in [9.17, 15) is 4.79 Å². The van der Waals surface area contributed by atoms with Crippen molar-refractivity contribution in [3.05, 3.63) is 53.2 Å². The Morgan fingerprint density at radius 1 is 1.03 bits per heavy atom. The van der Waals surface area contributed by atoms with Crippen LogP contribution in [0.25, 0.3) is 11.4 Å². The van der Waals surface area contributed by atoms with E-state index in [4.69, 9.17) is 29.0 Å². The van der Waals surface area contributed by atoms with Gasteiger partial charge in [-0.05, 0) is 61.7 Å². The van der Waals surface area contributed by atoms with E-state index < -0.39 is 6.04 Å². The fourth-order valence-corrected chi connectivity index (χ4v) is 4.71. The number of carbonyl (C=O) groups is 1. The lowest BCUT2D eigenvalue weighted by Gasteiger charge is -2.32. The summed E-state index contributed by atoms with van der Waals surface area (Å²) >= 11 is 0. The smallest absolute Gasteiger partial charge is 0.226 e. The zero-order chi connectivity index (χ0) is 24.5. The Labute approximate surface area is 203 Å². The van der Waals surface area contributed by atoms with Crippen molar-refractivity contribution in [2.45, 2.75) is 32.2 Å². The number of allylic oxidation sites excluding steroid dienone is 2. The number of nitrogens with one attached hydrogen (secondary N) is 1. The minimum absolute atomic E-state index is 0.0984. The minimum Gasteiger partial charge on any atom is -0.494 e. The number of carbonyl (C=O) groups excluding carboxylic acids is 1. The second-order valence-corrected chi connectivity index (χ2v) is 8.32. The van der Waals surface area contributed by atoms with E-state index in [1.807, 2.05) is 43.3 Å². The van der Waals surface area contributed by atoms with E-state index in [1.54, 1.807) is 26.0 Å². The Kier molecular flexibility index (Phi) is 6.07. The Bertz CT molecular complexity index is 1270. The number of rotatable bonds is 7. The van der Waals surface area contributed by atoms with Crippen molar-refractivity contribution in [1.82, 2.24) is 14.8 Å². The molecule has 1 aliphatic heterocycles. The van der Waals surface area contributed by atoms with Gasteiger partial charge in [0, 0.05) is 23.3 Å². The summed E-state index contributed by atoms with van der Waals surface area (Å²) in [7, 11) is 4.71. The van der Waals surface area contributed by atoms with Crippen LogP contribution in [-0.4, -0.2) is 48.5 Å². The van der Waals surface area contributed by atoms with Crippen molar-refractivity contribution in [2.24, 2.45) is 0 Å². The molecule has 182 valence electrons. The van der Waals surface area contributed by atoms with Crippen LogP contribution in [0, 0.1) is 0 Å². The molecule has 1 atom stereocenters. The first kappa shape index (κ1) is 22.8. The number of hydrogen-bond acceptors (Lipinski definition) is 8. The maximum atomic E-state index is 13.2. The molecule has 0 fully saturated rings. The van der Waals surface area contributed by atoms with Gasteiger partial charge >= 0.3 is 0 Å². The van der Waals surface area contributed by atoms with Gasteiger partial charge in [0.05, 0.1) is 27.9 Å². The van der Waals surface area contributed by atoms with Gasteiger partial charge in [-0.15, -0.1) is 5.10 Å². The number of anilines is 1. The summed E-state index contributed by atoms with van der Waals surface area (Å²) in [6.07, 6.45) is 2.07. The second kappa shape index (κ2) is 9.32. The normalized spacial score (nSPS) is 16.8. The molecule has 1 aromatic heterocycles. The van der Waals surface area contributed by atoms with Crippen molar-refractivity contribution >= 4 is 11.7 Å². The molecule has 0 radical (unpaired) electrons. The van der Waals surface area contributed by atoms with Crippen LogP contribution in [-0.2, 0) is 4.79 Å². The molecule has 1 aliphatic carbocycles. The van der Waals surface area contributed by atoms with E-state index in [-0.39, 0.29) is 5.78 Å². The molecule has 0 amide bonds. The number of methoxy groups -OCH3 is 3. The number of nitrogens with zero attached hydrogens (tertiary/aromatic N) is 3. The quantitative estimate of drug-likeness (QED) is 0.536. The monoisotopic (exact) mass is 476 g/mol. The fraction of sp³-hybridized carbons (Fsp3) is 0.346. The molecular formula is C26H28N4O5. The molecule has 9 nitrogen and oxygen atoms in total. The fourth-order valence-electron chi connectivity index (χ4n) is 4.71. The minimum atomic E-state index is -0.480. The van der Waals surface area contributed by atoms with Crippen LogP contribution >= 0.6 is 0 Å². The molecule has 35 heavy (non-hydrogen) atoms. The first-order valence-electron chi connectivity index (χ1n) is 11.6. The third-order valence-electron chi connectivity index (χ3n) is 6.29. The first-order valence-corrected chi connectivity index (χ1v) is 11.6. The molecule has 3 aromatic rings. The number of hydrogen-bond donors (Lipinski definition) is 1. The number of ketones is 1. The topological polar surface area (TPSA) is 96.7 Å². The summed E-state index contributed by atoms with van der Waals surface area (Å²) in [5.74, 6) is 3.54. The highest BCUT2D eigenvalue weighted by atomic mass is 16.5. The van der Waals surface area contributed by atoms with Gasteiger partial charge in [-0.25, -0.2) is 4.68 Å². The zero-order valence-corrected chi connectivity index (χ0v) is 20.3. The molecule has 0 spiro atoms. The molecule has 2 heterocycles. The maximum Gasteiger partial charge on any atom is 0.226 e. The van der Waals surface area contributed by atoms with Crippen molar-refractivity contribution in [1.29, 1.82) is 0 Å². The summed E-state index contributed by atoms with van der Waals surface area (Å²) < 4.78 is 24.0. The zero-order valence-electron chi connectivity index (χ0n) is 20.3. The highest BCUT2D eigenvalue weighted by molar-refractivity contribution is 5.99. The summed E-state index contributed by atoms with van der Waals surface area (Å²) in [6, 6.07) is 10.9. The van der Waals surface area contributed by atoms with Gasteiger partial charge in [-0.1, -0.05) is 0 Å². The second-order valence-electron chi connectivity index (χ2n) is 8.32. The molecule has 5 rings (SSSR count). The van der Waals surface area contributed by atoms with E-state index in [1.165, 1.54) is 0 Å². The standard InChI is InChI=1S/C26H28N4O5/c1-5-35-17-11-9-15(10-12-17)25-28-26-27-18-7-6-8-19(31)22(18)23(30(26)29-25)16-13-20(32-2)24(34-4)21(14-16)33-3/h9-14,23H,5-8H2,1-4H3,(H,27,28,29). The summed E-state index contributed by atoms with van der Waals surface area (Å²) in [6.45, 7) is 2.55. The lowest BCUT2D eigenvalue weighted by atomic mass is 9.85. The maximum absolute atomic E-state index is 13.2. The predicted molar refractivity (Wildman–Crippen MR) is 130 cm³/mol. The largest absolute Gasteiger partial charge is 0.494 e. The molecule has 2 aliphatic rings. The Hall–Kier alpha value is -4.01. The third kappa shape index (κ3) is 3.96. The molecule has 0 saturated heterocycles. The SMILES string of the molecule is CCOc1ccc(-c2nc3n(n2)C(c2cc(OC)c(OC)c(OC)c2)C2=C(CCCC2=O)N3)cc1. The molecule has 2 aromatic carbocycles. The van der Waals surface area contributed by atoms with Gasteiger partial charge in [-0.3, -0.25) is 4.79 Å². The van der Waals surface area contributed by atoms with E-state index in [2.05, 4.69) is 5.32 Å². The predicted octanol–water partition coefficient (Wildman–Crippen LogP) is 4.39. The number of aromatic nitrogens is 3. The summed E-state index contributed by atoms with van der Waals surface area (Å²) in [5, 5.41) is 8.20. The van der Waals surface area contributed by atoms with Crippen molar-refractivity contribution in [3.8, 4) is 34.4 Å². The lowest BCUT2D eigenvalue weighted by Crippen LogP contribution is -2.31. The van der Waals surface area contributed by atoms with Crippen molar-refractivity contribution < 1.29 is 23.7 Å². The molecule has 1 unspecified atom stereocenters. The Morgan fingerprint density at radius 2 is 1.74 bits per heavy atom. The first-order chi connectivity index (χ1) is 17.1. The number of ether oxygens (including phenoxy) is 4. The van der Waals surface area contributed by atoms with Gasteiger partial charge < -0.3 is 24.3 Å². The number of Topliss-reactive ketones (excluding diaryl/α,β-unsaturated/α-hetero) is 1. The van der Waals surface area contributed by atoms with Crippen LogP contribution in [0.2, 0.25) is 0 Å². The molecule has 0 bridgehead atoms. The lowest BCUT2D eigenvalue weighted by molar-refractivity contribution is -0.116. The summed E-state index contributed by atoms with van der Waals surface area (Å²) in [4.78, 5) is 17.9. The molecule has 9 heteroatoms. The van der Waals surface area contributed by atoms with Gasteiger partial charge in [-0.2, -0.15) is 4.98 Å². The van der Waals surface area contributed by atoms with Crippen molar-refractivity contribution in [3.63, 3.8) is 0 Å². The van der Waals surface area contributed by atoms with E-state index >= 15 is 0 Å². The van der Waals surface area contributed by atoms with Crippen LogP contribution in [0.3, 0.4) is 0 Å². The van der Waals surface area contributed by atoms with Gasteiger partial charge in [0.1, 0.15) is 11.8 Å². The summed E-state index contributed by atoms with van der Waals surface area (Å²) in [5.41, 5.74) is 3.23. The average molecular weight is 477 g/mol. The Morgan fingerprint density at radius 3 is 2.37 bits per heavy atom. The van der Waals surface area contributed by atoms with Gasteiger partial charge in [0.2, 0.25) is 11.7 Å². The third-order valence-corrected chi connectivity index (χ3v) is 6.29. The molecule has 0 saturated carbocycles. The van der Waals surface area contributed by atoms with Crippen LogP contribution in [0.4, 0.5) is 5.95 Å². The van der Waals surface area contributed by atoms with Crippen LogP contribution < -0.4 is 24.3 Å². The van der Waals surface area contributed by atoms with Gasteiger partial charge in [0.25, 0.3) is 0 Å². The number of benzene rings is 2. The van der Waals surface area contributed by atoms with Crippen LogP contribution in [0.1, 0.15) is 37.8 Å². The molecule has 1 N–H and O–H groups in total. The highest BCUT2D eigenvalue weighted by Gasteiger charge is 2.37.